The number of aromatic nitrogens is 1. The van der Waals surface area contributed by atoms with Gasteiger partial charge in [0.1, 0.15) is 11.5 Å². The van der Waals surface area contributed by atoms with Crippen LogP contribution in [-0.2, 0) is 11.2 Å². The van der Waals surface area contributed by atoms with E-state index in [9.17, 15) is 9.59 Å². The molecule has 0 unspecified atom stereocenters. The molecule has 106 valence electrons. The second-order valence-corrected chi connectivity index (χ2v) is 4.68. The van der Waals surface area contributed by atoms with Crippen molar-refractivity contribution >= 4 is 17.6 Å². The minimum Gasteiger partial charge on any atom is -0.478 e. The summed E-state index contributed by atoms with van der Waals surface area (Å²) in [6, 6.07) is 6.74. The zero-order valence-corrected chi connectivity index (χ0v) is 11.0. The fraction of sp³-hybridized carbons (Fsp3) is 0.133. The molecular formula is C15H12N2O4. The zero-order chi connectivity index (χ0) is 14.8. The third kappa shape index (κ3) is 2.84. The predicted molar refractivity (Wildman–Crippen MR) is 74.7 cm³/mol. The van der Waals surface area contributed by atoms with E-state index in [2.05, 4.69) is 10.3 Å². The Balaban J connectivity index is 1.84. The maximum atomic E-state index is 11.3. The number of ether oxygens (including phenoxy) is 1. The molecule has 2 aromatic rings. The number of fused-ring (bicyclic) bond motifs is 1. The van der Waals surface area contributed by atoms with Crippen LogP contribution in [0, 0.1) is 0 Å². The predicted octanol–water partition coefficient (Wildman–Crippen LogP) is 2.46. The second-order valence-electron chi connectivity index (χ2n) is 4.68. The van der Waals surface area contributed by atoms with E-state index >= 15 is 0 Å². The van der Waals surface area contributed by atoms with E-state index in [1.165, 1.54) is 18.5 Å². The van der Waals surface area contributed by atoms with E-state index in [1.54, 1.807) is 12.1 Å². The third-order valence-electron chi connectivity index (χ3n) is 3.17. The molecular weight excluding hydrogens is 272 g/mol. The van der Waals surface area contributed by atoms with Gasteiger partial charge in [-0.25, -0.2) is 4.79 Å². The fourth-order valence-electron chi connectivity index (χ4n) is 2.15. The van der Waals surface area contributed by atoms with E-state index in [0.717, 1.165) is 11.3 Å². The average molecular weight is 284 g/mol. The van der Waals surface area contributed by atoms with Crippen LogP contribution in [0.5, 0.6) is 11.5 Å². The highest BCUT2D eigenvalue weighted by molar-refractivity contribution is 5.94. The Morgan fingerprint density at radius 1 is 1.19 bits per heavy atom. The molecule has 2 N–H and O–H groups in total. The molecule has 0 spiro atoms. The molecule has 1 aromatic heterocycles. The second kappa shape index (κ2) is 5.24. The number of aryl methyl sites for hydroxylation is 1. The lowest BCUT2D eigenvalue weighted by atomic mass is 10.0. The van der Waals surface area contributed by atoms with Gasteiger partial charge in [-0.2, -0.15) is 0 Å². The molecule has 21 heavy (non-hydrogen) atoms. The topological polar surface area (TPSA) is 88.5 Å². The number of amides is 1. The first-order chi connectivity index (χ1) is 10.1. The zero-order valence-electron chi connectivity index (χ0n) is 11.0. The van der Waals surface area contributed by atoms with Crippen LogP contribution in [-0.4, -0.2) is 22.0 Å². The highest BCUT2D eigenvalue weighted by Gasteiger charge is 2.15. The number of carbonyl (C=O) groups is 2. The number of benzene rings is 1. The lowest BCUT2D eigenvalue weighted by Crippen LogP contribution is -2.18. The maximum absolute atomic E-state index is 11.3. The van der Waals surface area contributed by atoms with Crippen LogP contribution >= 0.6 is 0 Å². The number of hydrogen-bond donors (Lipinski definition) is 2. The van der Waals surface area contributed by atoms with Crippen LogP contribution < -0.4 is 10.1 Å². The molecule has 1 amide bonds. The first-order valence-corrected chi connectivity index (χ1v) is 6.41. The van der Waals surface area contributed by atoms with Crippen molar-refractivity contribution in [1.29, 1.82) is 0 Å². The van der Waals surface area contributed by atoms with Gasteiger partial charge in [0.05, 0.1) is 11.8 Å². The van der Waals surface area contributed by atoms with Gasteiger partial charge in [0.15, 0.2) is 0 Å². The lowest BCUT2D eigenvalue weighted by molar-refractivity contribution is -0.116. The normalized spacial score (nSPS) is 13.2. The molecule has 0 saturated carbocycles. The smallest absolute Gasteiger partial charge is 0.337 e. The Hall–Kier alpha value is -2.89. The van der Waals surface area contributed by atoms with Gasteiger partial charge < -0.3 is 15.2 Å². The van der Waals surface area contributed by atoms with Crippen molar-refractivity contribution < 1.29 is 19.4 Å². The van der Waals surface area contributed by atoms with Gasteiger partial charge in [-0.1, -0.05) is 0 Å². The average Bonchev–Trinajstić information content (AvgIpc) is 2.48. The molecule has 0 saturated heterocycles. The number of nitrogens with one attached hydrogen (secondary N) is 1. The summed E-state index contributed by atoms with van der Waals surface area (Å²) >= 11 is 0. The van der Waals surface area contributed by atoms with Crippen LogP contribution in [0.25, 0.3) is 0 Å². The summed E-state index contributed by atoms with van der Waals surface area (Å²) in [6.07, 6.45) is 3.82. The highest BCUT2D eigenvalue weighted by atomic mass is 16.5. The quantitative estimate of drug-likeness (QED) is 0.903. The molecule has 1 aliphatic heterocycles. The van der Waals surface area contributed by atoms with Crippen molar-refractivity contribution in [3.05, 3.63) is 47.8 Å². The Morgan fingerprint density at radius 3 is 2.86 bits per heavy atom. The molecule has 0 aliphatic carbocycles. The van der Waals surface area contributed by atoms with E-state index in [-0.39, 0.29) is 11.5 Å². The Morgan fingerprint density at radius 2 is 2.05 bits per heavy atom. The molecule has 0 fully saturated rings. The molecule has 0 atom stereocenters. The minimum absolute atomic E-state index is 0.00882. The Kier molecular flexibility index (Phi) is 3.27. The Bertz CT molecular complexity index is 727. The van der Waals surface area contributed by atoms with Gasteiger partial charge in [-0.15, -0.1) is 0 Å². The van der Waals surface area contributed by atoms with Crippen molar-refractivity contribution in [3.63, 3.8) is 0 Å². The number of carboxylic acid groups (broad SMARTS) is 1. The largest absolute Gasteiger partial charge is 0.478 e. The van der Waals surface area contributed by atoms with Gasteiger partial charge >= 0.3 is 5.97 Å². The summed E-state index contributed by atoms with van der Waals surface area (Å²) in [4.78, 5) is 26.0. The molecule has 0 radical (unpaired) electrons. The first kappa shape index (κ1) is 13.1. The fourth-order valence-corrected chi connectivity index (χ4v) is 2.15. The van der Waals surface area contributed by atoms with Crippen molar-refractivity contribution in [1.82, 2.24) is 4.98 Å². The summed E-state index contributed by atoms with van der Waals surface area (Å²) in [7, 11) is 0. The number of carboxylic acids is 1. The molecule has 0 bridgehead atoms. The molecule has 6 heteroatoms. The number of rotatable bonds is 3. The number of carbonyl (C=O) groups excluding carboxylic acids is 1. The van der Waals surface area contributed by atoms with E-state index < -0.39 is 5.97 Å². The number of pyridine rings is 1. The van der Waals surface area contributed by atoms with Crippen molar-refractivity contribution in [3.8, 4) is 11.5 Å². The molecule has 1 aromatic carbocycles. The summed E-state index contributed by atoms with van der Waals surface area (Å²) in [5, 5.41) is 11.7. The maximum Gasteiger partial charge on any atom is 0.337 e. The van der Waals surface area contributed by atoms with E-state index in [4.69, 9.17) is 9.84 Å². The van der Waals surface area contributed by atoms with Crippen LogP contribution in [0.3, 0.4) is 0 Å². The summed E-state index contributed by atoms with van der Waals surface area (Å²) in [5.41, 5.74) is 1.85. The number of aromatic carboxylic acids is 1. The molecule has 3 rings (SSSR count). The van der Waals surface area contributed by atoms with Gasteiger partial charge in [-0.05, 0) is 36.2 Å². The van der Waals surface area contributed by atoms with Crippen LogP contribution in [0.1, 0.15) is 22.3 Å². The standard InChI is InChI=1S/C15H12N2O4/c18-14-4-1-9-5-11(2-3-13(9)17-14)21-12-6-10(15(19)20)7-16-8-12/h2-3,5-8H,1,4H2,(H,17,18)(H,19,20). The van der Waals surface area contributed by atoms with Crippen LogP contribution in [0.15, 0.2) is 36.7 Å². The number of anilines is 1. The highest BCUT2D eigenvalue weighted by Crippen LogP contribution is 2.29. The van der Waals surface area contributed by atoms with Gasteiger partial charge in [0.2, 0.25) is 5.91 Å². The number of hydrogen-bond acceptors (Lipinski definition) is 4. The van der Waals surface area contributed by atoms with Crippen molar-refractivity contribution in [2.45, 2.75) is 12.8 Å². The van der Waals surface area contributed by atoms with Crippen LogP contribution in [0.2, 0.25) is 0 Å². The van der Waals surface area contributed by atoms with Crippen molar-refractivity contribution in [2.75, 3.05) is 5.32 Å². The summed E-state index contributed by atoms with van der Waals surface area (Å²) in [5.74, 6) is -0.112. The molecule has 2 heterocycles. The van der Waals surface area contributed by atoms with Gasteiger partial charge in [0, 0.05) is 18.3 Å². The monoisotopic (exact) mass is 284 g/mol. The minimum atomic E-state index is -1.05. The SMILES string of the molecule is O=C1CCc2cc(Oc3cncc(C(=O)O)c3)ccc2N1. The first-order valence-electron chi connectivity index (χ1n) is 6.41. The lowest BCUT2D eigenvalue weighted by Gasteiger charge is -2.17. The van der Waals surface area contributed by atoms with Gasteiger partial charge in [-0.3, -0.25) is 9.78 Å². The van der Waals surface area contributed by atoms with E-state index in [1.807, 2.05) is 6.07 Å². The van der Waals surface area contributed by atoms with E-state index in [0.29, 0.717) is 24.3 Å². The van der Waals surface area contributed by atoms with Crippen LogP contribution in [0.4, 0.5) is 5.69 Å². The Labute approximate surface area is 120 Å². The molecule has 6 nitrogen and oxygen atoms in total. The third-order valence-corrected chi connectivity index (χ3v) is 3.17. The van der Waals surface area contributed by atoms with Crippen molar-refractivity contribution in [2.24, 2.45) is 0 Å². The molecule has 1 aliphatic rings. The van der Waals surface area contributed by atoms with Gasteiger partial charge in [0.25, 0.3) is 0 Å². The number of nitrogens with zero attached hydrogens (tertiary/aromatic N) is 1. The summed E-state index contributed by atoms with van der Waals surface area (Å²) < 4.78 is 5.62. The summed E-state index contributed by atoms with van der Waals surface area (Å²) in [6.45, 7) is 0.